The summed E-state index contributed by atoms with van der Waals surface area (Å²) in [6.07, 6.45) is 5.56. The summed E-state index contributed by atoms with van der Waals surface area (Å²) in [4.78, 5) is 13.9. The monoisotopic (exact) mass is 199 g/mol. The van der Waals surface area contributed by atoms with Gasteiger partial charge in [-0.15, -0.1) is 0 Å². The third-order valence-corrected chi connectivity index (χ3v) is 2.52. The minimum atomic E-state index is 0.767. The summed E-state index contributed by atoms with van der Waals surface area (Å²) in [5.41, 5.74) is 3.00. The van der Waals surface area contributed by atoms with Crippen LogP contribution in [0.3, 0.4) is 0 Å². The molecule has 2 aromatic rings. The summed E-state index contributed by atoms with van der Waals surface area (Å²) >= 11 is 0. The van der Waals surface area contributed by atoms with Crippen molar-refractivity contribution in [3.63, 3.8) is 0 Å². The molecule has 15 heavy (non-hydrogen) atoms. The Bertz CT molecular complexity index is 508. The Balaban J connectivity index is 2.53. The van der Waals surface area contributed by atoms with Crippen LogP contribution in [-0.4, -0.2) is 11.3 Å². The molecule has 0 radical (unpaired) electrons. The molecule has 76 valence electrons. The van der Waals surface area contributed by atoms with Crippen molar-refractivity contribution >= 4 is 23.3 Å². The standard InChI is InChI=1S/C13H13NO/c1-2-10(9-15)7-11-8-14-13-6-4-3-5-12(11)13/h3-9,14H,2H2,1H3. The van der Waals surface area contributed by atoms with Crippen molar-refractivity contribution in [2.75, 3.05) is 0 Å². The molecule has 0 saturated heterocycles. The van der Waals surface area contributed by atoms with Crippen LogP contribution in [0.2, 0.25) is 0 Å². The fraction of sp³-hybridized carbons (Fsp3) is 0.154. The van der Waals surface area contributed by atoms with E-state index in [1.54, 1.807) is 0 Å². The zero-order valence-corrected chi connectivity index (χ0v) is 8.66. The Morgan fingerprint density at radius 3 is 2.93 bits per heavy atom. The number of aromatic nitrogens is 1. The first-order valence-corrected chi connectivity index (χ1v) is 5.07. The summed E-state index contributed by atoms with van der Waals surface area (Å²) in [7, 11) is 0. The van der Waals surface area contributed by atoms with E-state index in [9.17, 15) is 4.79 Å². The lowest BCUT2D eigenvalue weighted by atomic mass is 10.1. The van der Waals surface area contributed by atoms with Gasteiger partial charge in [0, 0.05) is 22.7 Å². The van der Waals surface area contributed by atoms with Gasteiger partial charge in [-0.05, 0) is 24.1 Å². The van der Waals surface area contributed by atoms with Gasteiger partial charge < -0.3 is 4.98 Å². The molecule has 1 N–H and O–H groups in total. The van der Waals surface area contributed by atoms with Crippen LogP contribution in [0.15, 0.2) is 36.0 Å². The van der Waals surface area contributed by atoms with Gasteiger partial charge in [-0.3, -0.25) is 4.79 Å². The normalized spacial score (nSPS) is 11.9. The smallest absolute Gasteiger partial charge is 0.146 e. The van der Waals surface area contributed by atoms with Crippen molar-refractivity contribution in [3.05, 3.63) is 41.6 Å². The molecular formula is C13H13NO. The number of aldehydes is 1. The maximum atomic E-state index is 10.7. The van der Waals surface area contributed by atoms with E-state index in [4.69, 9.17) is 0 Å². The highest BCUT2D eigenvalue weighted by Gasteiger charge is 2.00. The van der Waals surface area contributed by atoms with Gasteiger partial charge in [-0.2, -0.15) is 0 Å². The highest BCUT2D eigenvalue weighted by Crippen LogP contribution is 2.20. The first kappa shape index (κ1) is 9.71. The van der Waals surface area contributed by atoms with E-state index < -0.39 is 0 Å². The summed E-state index contributed by atoms with van der Waals surface area (Å²) in [6, 6.07) is 8.07. The quantitative estimate of drug-likeness (QED) is 0.597. The van der Waals surface area contributed by atoms with Crippen LogP contribution >= 0.6 is 0 Å². The average Bonchev–Trinajstić information content (AvgIpc) is 2.69. The summed E-state index contributed by atoms with van der Waals surface area (Å²) in [5.74, 6) is 0. The van der Waals surface area contributed by atoms with Gasteiger partial charge in [0.05, 0.1) is 0 Å². The number of para-hydroxylation sites is 1. The Morgan fingerprint density at radius 2 is 2.20 bits per heavy atom. The molecule has 0 bridgehead atoms. The van der Waals surface area contributed by atoms with Gasteiger partial charge in [-0.25, -0.2) is 0 Å². The van der Waals surface area contributed by atoms with Gasteiger partial charge in [-0.1, -0.05) is 25.1 Å². The second kappa shape index (κ2) is 4.13. The molecule has 2 nitrogen and oxygen atoms in total. The van der Waals surface area contributed by atoms with E-state index in [-0.39, 0.29) is 0 Å². The van der Waals surface area contributed by atoms with Crippen LogP contribution < -0.4 is 0 Å². The topological polar surface area (TPSA) is 32.9 Å². The molecule has 0 saturated carbocycles. The molecule has 1 aromatic heterocycles. The van der Waals surface area contributed by atoms with Crippen molar-refractivity contribution < 1.29 is 4.79 Å². The summed E-state index contributed by atoms with van der Waals surface area (Å²) < 4.78 is 0. The largest absolute Gasteiger partial charge is 0.361 e. The summed E-state index contributed by atoms with van der Waals surface area (Å²) in [6.45, 7) is 1.98. The highest BCUT2D eigenvalue weighted by atomic mass is 16.1. The van der Waals surface area contributed by atoms with Crippen molar-refractivity contribution in [2.45, 2.75) is 13.3 Å². The molecule has 0 aliphatic rings. The van der Waals surface area contributed by atoms with Crippen molar-refractivity contribution in [1.29, 1.82) is 0 Å². The molecule has 0 unspecified atom stereocenters. The number of rotatable bonds is 3. The number of benzene rings is 1. The zero-order valence-electron chi connectivity index (χ0n) is 8.66. The van der Waals surface area contributed by atoms with Crippen LogP contribution in [0.25, 0.3) is 17.0 Å². The summed E-state index contributed by atoms with van der Waals surface area (Å²) in [5, 5.41) is 1.16. The molecule has 0 amide bonds. The van der Waals surface area contributed by atoms with Gasteiger partial charge in [0.1, 0.15) is 6.29 Å². The molecule has 0 spiro atoms. The third kappa shape index (κ3) is 1.84. The molecule has 0 aliphatic carbocycles. The van der Waals surface area contributed by atoms with E-state index in [1.807, 2.05) is 37.4 Å². The lowest BCUT2D eigenvalue weighted by molar-refractivity contribution is -0.104. The van der Waals surface area contributed by atoms with Crippen LogP contribution in [0.4, 0.5) is 0 Å². The predicted octanol–water partition coefficient (Wildman–Crippen LogP) is 3.16. The lowest BCUT2D eigenvalue weighted by Gasteiger charge is -1.94. The number of hydrogen-bond acceptors (Lipinski definition) is 1. The molecule has 0 atom stereocenters. The lowest BCUT2D eigenvalue weighted by Crippen LogP contribution is -1.80. The Kier molecular flexibility index (Phi) is 2.68. The molecule has 0 fully saturated rings. The third-order valence-electron chi connectivity index (χ3n) is 2.52. The number of fused-ring (bicyclic) bond motifs is 1. The molecule has 0 aliphatic heterocycles. The van der Waals surface area contributed by atoms with Crippen molar-refractivity contribution in [1.82, 2.24) is 4.98 Å². The van der Waals surface area contributed by atoms with E-state index in [1.165, 1.54) is 0 Å². The fourth-order valence-electron chi connectivity index (χ4n) is 1.63. The molecule has 2 rings (SSSR count). The number of allylic oxidation sites excluding steroid dienone is 1. The molecule has 2 heteroatoms. The Morgan fingerprint density at radius 1 is 1.40 bits per heavy atom. The van der Waals surface area contributed by atoms with E-state index in [2.05, 4.69) is 11.1 Å². The molecular weight excluding hydrogens is 186 g/mol. The highest BCUT2D eigenvalue weighted by molar-refractivity contribution is 5.92. The number of carbonyl (C=O) groups excluding carboxylic acids is 1. The SMILES string of the molecule is CCC(C=O)=Cc1c[nH]c2ccccc12. The second-order valence-corrected chi connectivity index (χ2v) is 3.48. The maximum absolute atomic E-state index is 10.7. The first-order valence-electron chi connectivity index (χ1n) is 5.07. The van der Waals surface area contributed by atoms with Crippen molar-refractivity contribution in [3.8, 4) is 0 Å². The first-order chi connectivity index (χ1) is 7.35. The Hall–Kier alpha value is -1.83. The van der Waals surface area contributed by atoms with Gasteiger partial charge >= 0.3 is 0 Å². The fourth-order valence-corrected chi connectivity index (χ4v) is 1.63. The minimum absolute atomic E-state index is 0.767. The van der Waals surface area contributed by atoms with Gasteiger partial charge in [0.2, 0.25) is 0 Å². The number of hydrogen-bond donors (Lipinski definition) is 1. The maximum Gasteiger partial charge on any atom is 0.146 e. The van der Waals surface area contributed by atoms with Crippen LogP contribution in [0.5, 0.6) is 0 Å². The number of nitrogens with one attached hydrogen (secondary N) is 1. The van der Waals surface area contributed by atoms with Gasteiger partial charge in [0.15, 0.2) is 0 Å². The predicted molar refractivity (Wildman–Crippen MR) is 62.6 cm³/mol. The van der Waals surface area contributed by atoms with E-state index in [0.29, 0.717) is 0 Å². The number of carbonyl (C=O) groups is 1. The van der Waals surface area contributed by atoms with E-state index >= 15 is 0 Å². The number of H-pyrrole nitrogens is 1. The minimum Gasteiger partial charge on any atom is -0.361 e. The zero-order chi connectivity index (χ0) is 10.7. The number of aromatic amines is 1. The molecule has 1 aromatic carbocycles. The van der Waals surface area contributed by atoms with Crippen LogP contribution in [-0.2, 0) is 4.79 Å². The van der Waals surface area contributed by atoms with Crippen LogP contribution in [0, 0.1) is 0 Å². The second-order valence-electron chi connectivity index (χ2n) is 3.48. The Labute approximate surface area is 88.6 Å². The molecule has 1 heterocycles. The van der Waals surface area contributed by atoms with Crippen LogP contribution in [0.1, 0.15) is 18.9 Å². The average molecular weight is 199 g/mol. The van der Waals surface area contributed by atoms with Crippen molar-refractivity contribution in [2.24, 2.45) is 0 Å². The van der Waals surface area contributed by atoms with E-state index in [0.717, 1.165) is 34.7 Å². The van der Waals surface area contributed by atoms with Gasteiger partial charge in [0.25, 0.3) is 0 Å².